The molecule has 1 aromatic carbocycles. The summed E-state index contributed by atoms with van der Waals surface area (Å²) in [7, 11) is -3.88. The van der Waals surface area contributed by atoms with Crippen molar-refractivity contribution in [3.8, 4) is 0 Å². The third-order valence-corrected chi connectivity index (χ3v) is 4.89. The van der Waals surface area contributed by atoms with Crippen LogP contribution in [-0.2, 0) is 10.0 Å². The van der Waals surface area contributed by atoms with E-state index in [1.807, 2.05) is 6.92 Å². The number of aromatic nitrogens is 1. The molecular weight excluding hydrogens is 289 g/mol. The SMILES string of the molecule is Cc1nc(NS(=O)(=O)c2cc(N)cc(F)c2)sc1C. The third-order valence-electron chi connectivity index (χ3n) is 2.45. The number of thiazole rings is 1. The van der Waals surface area contributed by atoms with Crippen LogP contribution in [0.2, 0.25) is 0 Å². The lowest BCUT2D eigenvalue weighted by Crippen LogP contribution is -2.13. The Labute approximate surface area is 114 Å². The topological polar surface area (TPSA) is 85.1 Å². The molecule has 0 spiro atoms. The number of benzene rings is 1. The van der Waals surface area contributed by atoms with Gasteiger partial charge in [0.2, 0.25) is 0 Å². The molecule has 0 amide bonds. The van der Waals surface area contributed by atoms with Crippen molar-refractivity contribution in [2.75, 3.05) is 10.5 Å². The maximum atomic E-state index is 13.2. The van der Waals surface area contributed by atoms with Crippen LogP contribution in [0.5, 0.6) is 0 Å². The standard InChI is InChI=1S/C11H12FN3O2S2/c1-6-7(2)18-11(14-6)15-19(16,17)10-4-8(12)3-9(13)5-10/h3-5H,13H2,1-2H3,(H,14,15). The van der Waals surface area contributed by atoms with E-state index in [-0.39, 0.29) is 15.7 Å². The number of aryl methyl sites for hydroxylation is 2. The zero-order valence-electron chi connectivity index (χ0n) is 10.3. The van der Waals surface area contributed by atoms with E-state index in [4.69, 9.17) is 5.73 Å². The first kappa shape index (κ1) is 13.8. The van der Waals surface area contributed by atoms with Gasteiger partial charge >= 0.3 is 0 Å². The number of halogens is 1. The average Bonchev–Trinajstić information content (AvgIpc) is 2.55. The van der Waals surface area contributed by atoms with E-state index in [9.17, 15) is 12.8 Å². The first-order valence-electron chi connectivity index (χ1n) is 5.31. The highest BCUT2D eigenvalue weighted by molar-refractivity contribution is 7.93. The van der Waals surface area contributed by atoms with Crippen molar-refractivity contribution in [1.29, 1.82) is 0 Å². The molecule has 0 aliphatic rings. The predicted octanol–water partition coefficient (Wildman–Crippen LogP) is 2.28. The van der Waals surface area contributed by atoms with E-state index in [1.54, 1.807) is 6.92 Å². The van der Waals surface area contributed by atoms with Crippen LogP contribution in [0.25, 0.3) is 0 Å². The van der Waals surface area contributed by atoms with Crippen LogP contribution in [0, 0.1) is 19.7 Å². The molecule has 1 heterocycles. The minimum atomic E-state index is -3.88. The zero-order valence-corrected chi connectivity index (χ0v) is 11.9. The second-order valence-electron chi connectivity index (χ2n) is 3.99. The van der Waals surface area contributed by atoms with E-state index >= 15 is 0 Å². The van der Waals surface area contributed by atoms with Crippen LogP contribution in [0.3, 0.4) is 0 Å². The summed E-state index contributed by atoms with van der Waals surface area (Å²) in [5, 5.41) is 0.248. The molecule has 0 aliphatic carbocycles. The van der Waals surface area contributed by atoms with E-state index < -0.39 is 15.8 Å². The van der Waals surface area contributed by atoms with Gasteiger partial charge in [0.05, 0.1) is 10.6 Å². The van der Waals surface area contributed by atoms with E-state index in [0.29, 0.717) is 0 Å². The number of nitrogens with two attached hydrogens (primary N) is 1. The summed E-state index contributed by atoms with van der Waals surface area (Å²) in [6.07, 6.45) is 0. The normalized spacial score (nSPS) is 11.5. The number of sulfonamides is 1. The molecule has 5 nitrogen and oxygen atoms in total. The van der Waals surface area contributed by atoms with Gasteiger partial charge in [-0.2, -0.15) is 0 Å². The molecule has 3 N–H and O–H groups in total. The molecule has 19 heavy (non-hydrogen) atoms. The van der Waals surface area contributed by atoms with Crippen LogP contribution in [0.1, 0.15) is 10.6 Å². The van der Waals surface area contributed by atoms with Crippen molar-refractivity contribution in [3.63, 3.8) is 0 Å². The lowest BCUT2D eigenvalue weighted by atomic mass is 10.3. The Kier molecular flexibility index (Phi) is 3.46. The summed E-state index contributed by atoms with van der Waals surface area (Å²) < 4.78 is 39.6. The molecule has 0 bridgehead atoms. The predicted molar refractivity (Wildman–Crippen MR) is 73.2 cm³/mol. The number of rotatable bonds is 3. The average molecular weight is 301 g/mol. The van der Waals surface area contributed by atoms with Crippen LogP contribution < -0.4 is 10.5 Å². The summed E-state index contributed by atoms with van der Waals surface area (Å²) in [5.41, 5.74) is 6.23. The van der Waals surface area contributed by atoms with Crippen molar-refractivity contribution >= 4 is 32.2 Å². The molecule has 1 aromatic heterocycles. The fourth-order valence-electron chi connectivity index (χ4n) is 1.43. The Morgan fingerprint density at radius 2 is 2.00 bits per heavy atom. The molecule has 8 heteroatoms. The first-order valence-corrected chi connectivity index (χ1v) is 7.61. The van der Waals surface area contributed by atoms with Gasteiger partial charge in [0.15, 0.2) is 5.13 Å². The second kappa shape index (κ2) is 4.78. The Morgan fingerprint density at radius 1 is 1.32 bits per heavy atom. The minimum absolute atomic E-state index is 0.0480. The van der Waals surface area contributed by atoms with E-state index in [2.05, 4.69) is 9.71 Å². The molecular formula is C11H12FN3O2S2. The molecule has 0 atom stereocenters. The van der Waals surface area contributed by atoms with Gasteiger partial charge in [-0.25, -0.2) is 17.8 Å². The maximum absolute atomic E-state index is 13.2. The quantitative estimate of drug-likeness (QED) is 0.852. The highest BCUT2D eigenvalue weighted by atomic mass is 32.2. The van der Waals surface area contributed by atoms with Gasteiger partial charge in [0.25, 0.3) is 10.0 Å². The lowest BCUT2D eigenvalue weighted by molar-refractivity contribution is 0.595. The Balaban J connectivity index is 2.37. The summed E-state index contributed by atoms with van der Waals surface area (Å²) in [6.45, 7) is 3.62. The second-order valence-corrected chi connectivity index (χ2v) is 6.87. The molecule has 0 unspecified atom stereocenters. The largest absolute Gasteiger partial charge is 0.399 e. The van der Waals surface area contributed by atoms with Crippen LogP contribution >= 0.6 is 11.3 Å². The number of nitrogen functional groups attached to an aromatic ring is 1. The van der Waals surface area contributed by atoms with Crippen LogP contribution in [0.4, 0.5) is 15.2 Å². The minimum Gasteiger partial charge on any atom is -0.399 e. The fourth-order valence-corrected chi connectivity index (χ4v) is 3.54. The molecule has 2 rings (SSSR count). The van der Waals surface area contributed by atoms with E-state index in [1.165, 1.54) is 17.4 Å². The van der Waals surface area contributed by atoms with Crippen molar-refractivity contribution in [2.24, 2.45) is 0 Å². The Morgan fingerprint density at radius 3 is 2.53 bits per heavy atom. The lowest BCUT2D eigenvalue weighted by Gasteiger charge is -2.06. The fraction of sp³-hybridized carbons (Fsp3) is 0.182. The van der Waals surface area contributed by atoms with Crippen molar-refractivity contribution in [2.45, 2.75) is 18.7 Å². The van der Waals surface area contributed by atoms with Gasteiger partial charge in [0.1, 0.15) is 5.82 Å². The number of hydrogen-bond acceptors (Lipinski definition) is 5. The first-order chi connectivity index (χ1) is 8.78. The highest BCUT2D eigenvalue weighted by Crippen LogP contribution is 2.25. The summed E-state index contributed by atoms with van der Waals surface area (Å²) in [6, 6.07) is 3.15. The van der Waals surface area contributed by atoms with Gasteiger partial charge in [0, 0.05) is 10.6 Å². The maximum Gasteiger partial charge on any atom is 0.263 e. The van der Waals surface area contributed by atoms with Gasteiger partial charge in [-0.15, -0.1) is 11.3 Å². The van der Waals surface area contributed by atoms with Gasteiger partial charge in [-0.1, -0.05) is 0 Å². The number of hydrogen-bond donors (Lipinski definition) is 2. The molecule has 2 aromatic rings. The molecule has 0 aliphatic heterocycles. The molecule has 0 saturated heterocycles. The van der Waals surface area contributed by atoms with Gasteiger partial charge < -0.3 is 5.73 Å². The molecule has 0 fully saturated rings. The number of nitrogens with zero attached hydrogens (tertiary/aromatic N) is 1. The molecule has 102 valence electrons. The number of anilines is 2. The highest BCUT2D eigenvalue weighted by Gasteiger charge is 2.18. The summed E-state index contributed by atoms with van der Waals surface area (Å²) in [4.78, 5) is 4.76. The Hall–Kier alpha value is -1.67. The monoisotopic (exact) mass is 301 g/mol. The molecule has 0 radical (unpaired) electrons. The van der Waals surface area contributed by atoms with Crippen molar-refractivity contribution < 1.29 is 12.8 Å². The third kappa shape index (κ3) is 3.02. The van der Waals surface area contributed by atoms with Crippen molar-refractivity contribution in [1.82, 2.24) is 4.98 Å². The summed E-state index contributed by atoms with van der Waals surface area (Å²) in [5.74, 6) is -0.702. The van der Waals surface area contributed by atoms with Crippen molar-refractivity contribution in [3.05, 3.63) is 34.6 Å². The van der Waals surface area contributed by atoms with Gasteiger partial charge in [-0.05, 0) is 32.0 Å². The Bertz CT molecular complexity index is 686. The molecule has 0 saturated carbocycles. The van der Waals surface area contributed by atoms with Crippen LogP contribution in [0.15, 0.2) is 23.1 Å². The van der Waals surface area contributed by atoms with Gasteiger partial charge in [-0.3, -0.25) is 4.72 Å². The number of nitrogens with one attached hydrogen (secondary N) is 1. The zero-order chi connectivity index (χ0) is 14.2. The van der Waals surface area contributed by atoms with E-state index in [0.717, 1.165) is 22.7 Å². The summed E-state index contributed by atoms with van der Waals surface area (Å²) >= 11 is 1.22. The van der Waals surface area contributed by atoms with Crippen LogP contribution in [-0.4, -0.2) is 13.4 Å². The smallest absolute Gasteiger partial charge is 0.263 e.